The van der Waals surface area contributed by atoms with Crippen molar-refractivity contribution in [3.63, 3.8) is 0 Å². The summed E-state index contributed by atoms with van der Waals surface area (Å²) < 4.78 is 6.41. The molecule has 0 aromatic heterocycles. The number of ether oxygens (including phenoxy) is 1. The van der Waals surface area contributed by atoms with Gasteiger partial charge in [0.05, 0.1) is 5.60 Å². The van der Waals surface area contributed by atoms with Crippen molar-refractivity contribution in [3.05, 3.63) is 0 Å². The molecule has 2 saturated carbocycles. The minimum absolute atomic E-state index is 0.122. The molecule has 2 nitrogen and oxygen atoms in total. The van der Waals surface area contributed by atoms with Crippen molar-refractivity contribution in [2.75, 3.05) is 13.2 Å². The number of hydrogen-bond acceptors (Lipinski definition) is 2. The Morgan fingerprint density at radius 3 is 2.55 bits per heavy atom. The summed E-state index contributed by atoms with van der Waals surface area (Å²) in [7, 11) is 0. The van der Waals surface area contributed by atoms with Gasteiger partial charge in [-0.2, -0.15) is 0 Å². The van der Waals surface area contributed by atoms with Crippen molar-refractivity contribution < 1.29 is 4.74 Å². The summed E-state index contributed by atoms with van der Waals surface area (Å²) in [4.78, 5) is 0. The van der Waals surface area contributed by atoms with Crippen LogP contribution in [0.5, 0.6) is 0 Å². The molecule has 0 aromatic carbocycles. The van der Waals surface area contributed by atoms with Crippen LogP contribution in [0.3, 0.4) is 0 Å². The second-order valence-electron chi connectivity index (χ2n) is 7.24. The fraction of sp³-hybridized carbons (Fsp3) is 1.00. The lowest BCUT2D eigenvalue weighted by Gasteiger charge is -2.47. The van der Waals surface area contributed by atoms with Crippen LogP contribution in [0.1, 0.15) is 78.6 Å². The maximum Gasteiger partial charge on any atom is 0.0837 e. The number of nitrogens with one attached hydrogen (secondary N) is 1. The molecule has 2 aliphatic carbocycles. The van der Waals surface area contributed by atoms with E-state index in [1.807, 2.05) is 0 Å². The van der Waals surface area contributed by atoms with Gasteiger partial charge in [0.1, 0.15) is 0 Å². The molecule has 118 valence electrons. The SMILES string of the molecule is CCCNC(CC1CCC1)C1(OCC)CCCC(C)C1. The maximum atomic E-state index is 6.41. The largest absolute Gasteiger partial charge is 0.374 e. The molecular formula is C18H35NO. The van der Waals surface area contributed by atoms with Crippen LogP contribution in [0.25, 0.3) is 0 Å². The molecule has 20 heavy (non-hydrogen) atoms. The highest BCUT2D eigenvalue weighted by Crippen LogP contribution is 2.42. The minimum atomic E-state index is 0.122. The molecule has 0 aromatic rings. The molecule has 2 rings (SSSR count). The van der Waals surface area contributed by atoms with E-state index in [0.717, 1.165) is 25.0 Å². The van der Waals surface area contributed by atoms with Crippen LogP contribution in [0.2, 0.25) is 0 Å². The first-order chi connectivity index (χ1) is 9.70. The standard InChI is InChI=1S/C18H35NO/c1-4-12-19-17(13-16-9-6-10-16)18(20-5-2)11-7-8-15(3)14-18/h15-17,19H,4-14H2,1-3H3. The average Bonchev–Trinajstić information content (AvgIpc) is 2.37. The van der Waals surface area contributed by atoms with E-state index in [-0.39, 0.29) is 5.60 Å². The Kier molecular flexibility index (Phi) is 6.35. The molecule has 0 amide bonds. The quantitative estimate of drug-likeness (QED) is 0.706. The van der Waals surface area contributed by atoms with Crippen molar-refractivity contribution >= 4 is 0 Å². The van der Waals surface area contributed by atoms with Crippen molar-refractivity contribution in [3.8, 4) is 0 Å². The predicted octanol–water partition coefficient (Wildman–Crippen LogP) is 4.53. The normalized spacial score (nSPS) is 32.9. The Morgan fingerprint density at radius 1 is 1.20 bits per heavy atom. The molecule has 2 aliphatic rings. The molecule has 0 heterocycles. The second kappa shape index (κ2) is 7.79. The van der Waals surface area contributed by atoms with E-state index in [1.165, 1.54) is 57.8 Å². The number of rotatable bonds is 8. The Balaban J connectivity index is 2.06. The zero-order valence-corrected chi connectivity index (χ0v) is 13.9. The van der Waals surface area contributed by atoms with E-state index in [9.17, 15) is 0 Å². The highest BCUT2D eigenvalue weighted by atomic mass is 16.5. The molecule has 1 N–H and O–H groups in total. The van der Waals surface area contributed by atoms with Gasteiger partial charge >= 0.3 is 0 Å². The van der Waals surface area contributed by atoms with Gasteiger partial charge < -0.3 is 10.1 Å². The molecular weight excluding hydrogens is 246 g/mol. The van der Waals surface area contributed by atoms with E-state index in [2.05, 4.69) is 26.1 Å². The molecule has 0 saturated heterocycles. The summed E-state index contributed by atoms with van der Waals surface area (Å²) in [6.45, 7) is 8.85. The van der Waals surface area contributed by atoms with Crippen LogP contribution in [-0.2, 0) is 4.74 Å². The first-order valence-electron chi connectivity index (χ1n) is 9.07. The first kappa shape index (κ1) is 16.3. The second-order valence-corrected chi connectivity index (χ2v) is 7.24. The Labute approximate surface area is 126 Å². The molecule has 3 atom stereocenters. The highest BCUT2D eigenvalue weighted by molar-refractivity contribution is 4.98. The maximum absolute atomic E-state index is 6.41. The lowest BCUT2D eigenvalue weighted by atomic mass is 9.70. The van der Waals surface area contributed by atoms with E-state index in [4.69, 9.17) is 4.74 Å². The minimum Gasteiger partial charge on any atom is -0.374 e. The van der Waals surface area contributed by atoms with Crippen molar-refractivity contribution in [2.24, 2.45) is 11.8 Å². The topological polar surface area (TPSA) is 21.3 Å². The summed E-state index contributed by atoms with van der Waals surface area (Å²) in [6, 6.07) is 0.579. The summed E-state index contributed by atoms with van der Waals surface area (Å²) in [5.74, 6) is 1.78. The Bertz CT molecular complexity index is 273. The molecule has 2 fully saturated rings. The van der Waals surface area contributed by atoms with Crippen molar-refractivity contribution in [1.29, 1.82) is 0 Å². The fourth-order valence-corrected chi connectivity index (χ4v) is 4.24. The smallest absolute Gasteiger partial charge is 0.0837 e. The van der Waals surface area contributed by atoms with Crippen molar-refractivity contribution in [1.82, 2.24) is 5.32 Å². The van der Waals surface area contributed by atoms with Gasteiger partial charge in [0, 0.05) is 12.6 Å². The van der Waals surface area contributed by atoms with Crippen LogP contribution in [-0.4, -0.2) is 24.8 Å². The van der Waals surface area contributed by atoms with Crippen LogP contribution in [0, 0.1) is 11.8 Å². The van der Waals surface area contributed by atoms with Gasteiger partial charge in [-0.15, -0.1) is 0 Å². The fourth-order valence-electron chi connectivity index (χ4n) is 4.24. The Morgan fingerprint density at radius 2 is 2.00 bits per heavy atom. The third-order valence-corrected chi connectivity index (χ3v) is 5.49. The van der Waals surface area contributed by atoms with Crippen LogP contribution in [0.15, 0.2) is 0 Å². The van der Waals surface area contributed by atoms with Gasteiger partial charge in [-0.05, 0) is 51.0 Å². The van der Waals surface area contributed by atoms with Gasteiger partial charge in [-0.3, -0.25) is 0 Å². The zero-order valence-electron chi connectivity index (χ0n) is 13.9. The molecule has 0 bridgehead atoms. The third kappa shape index (κ3) is 3.98. The third-order valence-electron chi connectivity index (χ3n) is 5.49. The predicted molar refractivity (Wildman–Crippen MR) is 86.0 cm³/mol. The van der Waals surface area contributed by atoms with E-state index >= 15 is 0 Å². The summed E-state index contributed by atoms with van der Waals surface area (Å²) >= 11 is 0. The lowest BCUT2D eigenvalue weighted by molar-refractivity contribution is -0.106. The number of hydrogen-bond donors (Lipinski definition) is 1. The van der Waals surface area contributed by atoms with E-state index < -0.39 is 0 Å². The zero-order chi connectivity index (χ0) is 14.4. The van der Waals surface area contributed by atoms with Gasteiger partial charge in [0.25, 0.3) is 0 Å². The first-order valence-corrected chi connectivity index (χ1v) is 9.07. The lowest BCUT2D eigenvalue weighted by Crippen LogP contribution is -2.56. The van der Waals surface area contributed by atoms with Crippen LogP contribution < -0.4 is 5.32 Å². The van der Waals surface area contributed by atoms with Gasteiger partial charge in [0.15, 0.2) is 0 Å². The molecule has 0 aliphatic heterocycles. The Hall–Kier alpha value is -0.0800. The van der Waals surface area contributed by atoms with Crippen LogP contribution >= 0.6 is 0 Å². The molecule has 3 unspecified atom stereocenters. The average molecular weight is 281 g/mol. The molecule has 2 heteroatoms. The van der Waals surface area contributed by atoms with Gasteiger partial charge in [-0.1, -0.05) is 46.0 Å². The monoisotopic (exact) mass is 281 g/mol. The summed E-state index contributed by atoms with van der Waals surface area (Å²) in [5, 5.41) is 3.86. The summed E-state index contributed by atoms with van der Waals surface area (Å²) in [6.07, 6.45) is 12.2. The highest BCUT2D eigenvalue weighted by Gasteiger charge is 2.43. The van der Waals surface area contributed by atoms with E-state index in [1.54, 1.807) is 0 Å². The van der Waals surface area contributed by atoms with Crippen LogP contribution in [0.4, 0.5) is 0 Å². The van der Waals surface area contributed by atoms with E-state index in [0.29, 0.717) is 6.04 Å². The van der Waals surface area contributed by atoms with Gasteiger partial charge in [0.2, 0.25) is 0 Å². The van der Waals surface area contributed by atoms with Crippen molar-refractivity contribution in [2.45, 2.75) is 90.2 Å². The van der Waals surface area contributed by atoms with Gasteiger partial charge in [-0.25, -0.2) is 0 Å². The molecule has 0 radical (unpaired) electrons. The summed E-state index contributed by atoms with van der Waals surface area (Å²) in [5.41, 5.74) is 0.122. The molecule has 0 spiro atoms.